The van der Waals surface area contributed by atoms with Gasteiger partial charge in [-0.2, -0.15) is 0 Å². The molecule has 0 aliphatic carbocycles. The number of rotatable bonds is 10. The molecule has 0 aromatic heterocycles. The molecule has 3 nitrogen and oxygen atoms in total. The molecule has 3 rings (SSSR count). The molecule has 1 unspecified atom stereocenters. The van der Waals surface area contributed by atoms with E-state index in [2.05, 4.69) is 72.6 Å². The Balaban J connectivity index is 1.61. The molecule has 0 radical (unpaired) electrons. The molecule has 0 saturated heterocycles. The van der Waals surface area contributed by atoms with E-state index in [1.807, 2.05) is 24.3 Å². The van der Waals surface area contributed by atoms with Gasteiger partial charge in [0.05, 0.1) is 13.7 Å². The standard InChI is InChI=1S/C25H29NO2/c1-26(18-22-11-7-4-8-12-22)19-23(17-21-9-5-3-6-10-21)20-28-25-15-13-24(27-2)14-16-25/h3-16,23H,17-20H2,1-2H3. The first-order valence-corrected chi connectivity index (χ1v) is 9.76. The highest BCUT2D eigenvalue weighted by Gasteiger charge is 2.14. The van der Waals surface area contributed by atoms with Crippen molar-refractivity contribution in [2.24, 2.45) is 5.92 Å². The summed E-state index contributed by atoms with van der Waals surface area (Å²) >= 11 is 0. The summed E-state index contributed by atoms with van der Waals surface area (Å²) in [4.78, 5) is 2.38. The predicted octanol–water partition coefficient (Wildman–Crippen LogP) is 5.06. The Morgan fingerprint density at radius 2 is 1.32 bits per heavy atom. The molecule has 0 amide bonds. The monoisotopic (exact) mass is 375 g/mol. The van der Waals surface area contributed by atoms with Crippen LogP contribution in [-0.4, -0.2) is 32.2 Å². The second-order valence-electron chi connectivity index (χ2n) is 7.22. The van der Waals surface area contributed by atoms with Gasteiger partial charge in [0.15, 0.2) is 0 Å². The maximum Gasteiger partial charge on any atom is 0.119 e. The Morgan fingerprint density at radius 3 is 1.93 bits per heavy atom. The summed E-state index contributed by atoms with van der Waals surface area (Å²) in [6.45, 7) is 2.59. The quantitative estimate of drug-likeness (QED) is 0.494. The molecule has 3 aromatic carbocycles. The zero-order chi connectivity index (χ0) is 19.6. The van der Waals surface area contributed by atoms with E-state index in [9.17, 15) is 0 Å². The molecular formula is C25H29NO2. The molecule has 0 aliphatic rings. The highest BCUT2D eigenvalue weighted by Crippen LogP contribution is 2.19. The van der Waals surface area contributed by atoms with Crippen LogP contribution in [0, 0.1) is 5.92 Å². The SMILES string of the molecule is COc1ccc(OCC(Cc2ccccc2)CN(C)Cc2ccccc2)cc1. The van der Waals surface area contributed by atoms with Crippen molar-refractivity contribution in [2.75, 3.05) is 27.3 Å². The van der Waals surface area contributed by atoms with Gasteiger partial charge in [-0.05, 0) is 48.9 Å². The Morgan fingerprint density at radius 1 is 0.750 bits per heavy atom. The minimum atomic E-state index is 0.401. The fourth-order valence-electron chi connectivity index (χ4n) is 3.41. The molecule has 3 aromatic rings. The lowest BCUT2D eigenvalue weighted by Crippen LogP contribution is -2.30. The smallest absolute Gasteiger partial charge is 0.119 e. The van der Waals surface area contributed by atoms with Crippen LogP contribution < -0.4 is 9.47 Å². The number of hydrogen-bond acceptors (Lipinski definition) is 3. The summed E-state index contributed by atoms with van der Waals surface area (Å²) in [5, 5.41) is 0. The highest BCUT2D eigenvalue weighted by atomic mass is 16.5. The van der Waals surface area contributed by atoms with Gasteiger partial charge in [-0.25, -0.2) is 0 Å². The molecule has 0 N–H and O–H groups in total. The van der Waals surface area contributed by atoms with Gasteiger partial charge in [-0.3, -0.25) is 0 Å². The second-order valence-corrected chi connectivity index (χ2v) is 7.22. The van der Waals surface area contributed by atoms with E-state index in [-0.39, 0.29) is 0 Å². The van der Waals surface area contributed by atoms with Crippen LogP contribution >= 0.6 is 0 Å². The summed E-state index contributed by atoms with van der Waals surface area (Å²) in [6, 6.07) is 29.1. The van der Waals surface area contributed by atoms with Crippen molar-refractivity contribution in [3.63, 3.8) is 0 Å². The minimum Gasteiger partial charge on any atom is -0.497 e. The summed E-state index contributed by atoms with van der Waals surface area (Å²) < 4.78 is 11.3. The van der Waals surface area contributed by atoms with Crippen molar-refractivity contribution in [3.8, 4) is 11.5 Å². The van der Waals surface area contributed by atoms with E-state index in [0.29, 0.717) is 12.5 Å². The lowest BCUT2D eigenvalue weighted by molar-refractivity contribution is 0.190. The summed E-state index contributed by atoms with van der Waals surface area (Å²) in [5.74, 6) is 2.12. The summed E-state index contributed by atoms with van der Waals surface area (Å²) in [7, 11) is 3.85. The number of benzene rings is 3. The molecule has 0 spiro atoms. The first kappa shape index (κ1) is 20.0. The number of ether oxygens (including phenoxy) is 2. The normalized spacial score (nSPS) is 12.0. The van der Waals surface area contributed by atoms with Crippen molar-refractivity contribution in [1.29, 1.82) is 0 Å². The van der Waals surface area contributed by atoms with Crippen LogP contribution in [0.3, 0.4) is 0 Å². The molecule has 146 valence electrons. The fraction of sp³-hybridized carbons (Fsp3) is 0.280. The predicted molar refractivity (Wildman–Crippen MR) is 115 cm³/mol. The number of methoxy groups -OCH3 is 1. The Hall–Kier alpha value is -2.78. The molecule has 0 bridgehead atoms. The van der Waals surface area contributed by atoms with Crippen LogP contribution in [0.5, 0.6) is 11.5 Å². The average Bonchev–Trinajstić information content (AvgIpc) is 2.74. The van der Waals surface area contributed by atoms with Crippen LogP contribution in [0.15, 0.2) is 84.9 Å². The maximum atomic E-state index is 6.11. The van der Waals surface area contributed by atoms with Gasteiger partial charge in [-0.15, -0.1) is 0 Å². The minimum absolute atomic E-state index is 0.401. The Bertz CT molecular complexity index is 803. The molecule has 0 saturated carbocycles. The molecular weight excluding hydrogens is 346 g/mol. The zero-order valence-electron chi connectivity index (χ0n) is 16.8. The van der Waals surface area contributed by atoms with E-state index in [4.69, 9.17) is 9.47 Å². The van der Waals surface area contributed by atoms with Crippen LogP contribution in [0.2, 0.25) is 0 Å². The van der Waals surface area contributed by atoms with Gasteiger partial charge in [0, 0.05) is 19.0 Å². The number of hydrogen-bond donors (Lipinski definition) is 0. The molecule has 0 fully saturated rings. The zero-order valence-corrected chi connectivity index (χ0v) is 16.8. The molecule has 0 heterocycles. The third kappa shape index (κ3) is 6.43. The van der Waals surface area contributed by atoms with Crippen molar-refractivity contribution >= 4 is 0 Å². The first-order chi connectivity index (χ1) is 13.7. The van der Waals surface area contributed by atoms with E-state index >= 15 is 0 Å². The van der Waals surface area contributed by atoms with Crippen LogP contribution in [-0.2, 0) is 13.0 Å². The third-order valence-electron chi connectivity index (χ3n) is 4.78. The van der Waals surface area contributed by atoms with Gasteiger partial charge < -0.3 is 14.4 Å². The molecule has 0 aliphatic heterocycles. The summed E-state index contributed by atoms with van der Waals surface area (Å²) in [5.41, 5.74) is 2.68. The maximum absolute atomic E-state index is 6.11. The van der Waals surface area contributed by atoms with E-state index in [0.717, 1.165) is 31.0 Å². The second kappa shape index (κ2) is 10.5. The topological polar surface area (TPSA) is 21.7 Å². The van der Waals surface area contributed by atoms with E-state index < -0.39 is 0 Å². The van der Waals surface area contributed by atoms with Crippen molar-refractivity contribution in [1.82, 2.24) is 4.90 Å². The molecule has 28 heavy (non-hydrogen) atoms. The largest absolute Gasteiger partial charge is 0.497 e. The third-order valence-corrected chi connectivity index (χ3v) is 4.78. The lowest BCUT2D eigenvalue weighted by atomic mass is 9.99. The molecule has 3 heteroatoms. The van der Waals surface area contributed by atoms with Crippen molar-refractivity contribution < 1.29 is 9.47 Å². The van der Waals surface area contributed by atoms with Gasteiger partial charge in [0.2, 0.25) is 0 Å². The first-order valence-electron chi connectivity index (χ1n) is 9.76. The van der Waals surface area contributed by atoms with Crippen LogP contribution in [0.4, 0.5) is 0 Å². The van der Waals surface area contributed by atoms with Crippen molar-refractivity contribution in [3.05, 3.63) is 96.1 Å². The Kier molecular flexibility index (Phi) is 7.51. The fourth-order valence-corrected chi connectivity index (χ4v) is 3.41. The highest BCUT2D eigenvalue weighted by molar-refractivity contribution is 5.31. The van der Waals surface area contributed by atoms with E-state index in [1.54, 1.807) is 7.11 Å². The Labute approximate surface area is 168 Å². The van der Waals surface area contributed by atoms with E-state index in [1.165, 1.54) is 11.1 Å². The average molecular weight is 376 g/mol. The van der Waals surface area contributed by atoms with Crippen molar-refractivity contribution in [2.45, 2.75) is 13.0 Å². The van der Waals surface area contributed by atoms with Crippen LogP contribution in [0.1, 0.15) is 11.1 Å². The lowest BCUT2D eigenvalue weighted by Gasteiger charge is -2.24. The van der Waals surface area contributed by atoms with Gasteiger partial charge in [-0.1, -0.05) is 60.7 Å². The van der Waals surface area contributed by atoms with Crippen LogP contribution in [0.25, 0.3) is 0 Å². The molecule has 1 atom stereocenters. The number of nitrogens with zero attached hydrogens (tertiary/aromatic N) is 1. The van der Waals surface area contributed by atoms with Gasteiger partial charge >= 0.3 is 0 Å². The van der Waals surface area contributed by atoms with Gasteiger partial charge in [0.1, 0.15) is 11.5 Å². The van der Waals surface area contributed by atoms with Gasteiger partial charge in [0.25, 0.3) is 0 Å². The summed E-state index contributed by atoms with van der Waals surface area (Å²) in [6.07, 6.45) is 0.996.